The summed E-state index contributed by atoms with van der Waals surface area (Å²) in [7, 11) is 0. The average Bonchev–Trinajstić information content (AvgIpc) is 2.61. The van der Waals surface area contributed by atoms with Gasteiger partial charge in [-0.1, -0.05) is 17.8 Å². The van der Waals surface area contributed by atoms with Gasteiger partial charge in [-0.05, 0) is 32.0 Å². The summed E-state index contributed by atoms with van der Waals surface area (Å²) in [5.74, 6) is -0.216. The Balaban J connectivity index is 1.98. The number of H-pyrrole nitrogens is 1. The Labute approximate surface area is 149 Å². The van der Waals surface area contributed by atoms with Crippen LogP contribution in [0.1, 0.15) is 24.2 Å². The molecule has 0 aliphatic heterocycles. The summed E-state index contributed by atoms with van der Waals surface area (Å²) in [6.07, 6.45) is 1.39. The first-order valence-corrected chi connectivity index (χ1v) is 8.89. The van der Waals surface area contributed by atoms with Crippen LogP contribution in [0, 0.1) is 0 Å². The first-order chi connectivity index (χ1) is 12.0. The van der Waals surface area contributed by atoms with Gasteiger partial charge in [0.1, 0.15) is 0 Å². The fraction of sp³-hybridized carbons (Fsp3) is 0.294. The number of benzene rings is 1. The van der Waals surface area contributed by atoms with E-state index in [1.807, 2.05) is 13.8 Å². The van der Waals surface area contributed by atoms with Crippen molar-refractivity contribution in [3.8, 4) is 0 Å². The molecule has 0 saturated heterocycles. The highest BCUT2D eigenvalue weighted by atomic mass is 32.2. The van der Waals surface area contributed by atoms with Crippen molar-refractivity contribution in [1.29, 1.82) is 0 Å². The predicted molar refractivity (Wildman–Crippen MR) is 97.9 cm³/mol. The molecule has 0 atom stereocenters. The molecule has 0 saturated carbocycles. The lowest BCUT2D eigenvalue weighted by atomic mass is 10.1. The van der Waals surface area contributed by atoms with Crippen LogP contribution in [0.15, 0.2) is 46.5 Å². The van der Waals surface area contributed by atoms with Gasteiger partial charge in [0, 0.05) is 36.6 Å². The molecule has 0 spiro atoms. The van der Waals surface area contributed by atoms with Crippen LogP contribution in [0.5, 0.6) is 0 Å². The zero-order chi connectivity index (χ0) is 18.2. The number of carbonyl (C=O) groups is 2. The molecule has 7 nitrogen and oxygen atoms in total. The number of hydrogen-bond acceptors (Lipinski definition) is 5. The number of nitrogens with zero attached hydrogens (tertiary/aromatic N) is 2. The van der Waals surface area contributed by atoms with Crippen molar-refractivity contribution in [3.63, 3.8) is 0 Å². The number of hydrogen-bond donors (Lipinski definition) is 2. The van der Waals surface area contributed by atoms with Crippen molar-refractivity contribution < 1.29 is 9.59 Å². The van der Waals surface area contributed by atoms with Gasteiger partial charge < -0.3 is 15.2 Å². The number of thioether (sulfide) groups is 1. The Morgan fingerprint density at radius 3 is 2.68 bits per heavy atom. The van der Waals surface area contributed by atoms with E-state index in [4.69, 9.17) is 0 Å². The van der Waals surface area contributed by atoms with Gasteiger partial charge in [-0.15, -0.1) is 0 Å². The Morgan fingerprint density at radius 1 is 1.24 bits per heavy atom. The van der Waals surface area contributed by atoms with Crippen molar-refractivity contribution >= 4 is 29.3 Å². The minimum atomic E-state index is -0.263. The molecule has 2 N–H and O–H groups in total. The first-order valence-electron chi connectivity index (χ1n) is 7.90. The van der Waals surface area contributed by atoms with Crippen LogP contribution in [0.4, 0.5) is 5.69 Å². The molecule has 1 heterocycles. The maximum atomic E-state index is 12.4. The van der Waals surface area contributed by atoms with Crippen LogP contribution >= 0.6 is 11.8 Å². The van der Waals surface area contributed by atoms with Crippen LogP contribution in [-0.2, 0) is 4.79 Å². The van der Waals surface area contributed by atoms with Crippen molar-refractivity contribution in [2.75, 3.05) is 24.2 Å². The van der Waals surface area contributed by atoms with Crippen LogP contribution < -0.4 is 10.9 Å². The highest BCUT2D eigenvalue weighted by Crippen LogP contribution is 2.15. The molecule has 2 amide bonds. The zero-order valence-corrected chi connectivity index (χ0v) is 14.9. The van der Waals surface area contributed by atoms with Gasteiger partial charge in [-0.25, -0.2) is 4.98 Å². The van der Waals surface area contributed by atoms with Gasteiger partial charge in [0.2, 0.25) is 5.91 Å². The monoisotopic (exact) mass is 360 g/mol. The Morgan fingerprint density at radius 2 is 2.00 bits per heavy atom. The van der Waals surface area contributed by atoms with E-state index in [-0.39, 0.29) is 23.1 Å². The lowest BCUT2D eigenvalue weighted by Gasteiger charge is -2.19. The van der Waals surface area contributed by atoms with Gasteiger partial charge in [-0.3, -0.25) is 14.4 Å². The van der Waals surface area contributed by atoms with Gasteiger partial charge in [0.25, 0.3) is 11.5 Å². The highest BCUT2D eigenvalue weighted by Gasteiger charge is 2.13. The maximum absolute atomic E-state index is 12.4. The molecule has 132 valence electrons. The minimum Gasteiger partial charge on any atom is -0.339 e. The van der Waals surface area contributed by atoms with Crippen molar-refractivity contribution in [2.24, 2.45) is 0 Å². The fourth-order valence-corrected chi connectivity index (χ4v) is 2.83. The minimum absolute atomic E-state index is 0.0680. The smallest absolute Gasteiger partial charge is 0.253 e. The van der Waals surface area contributed by atoms with Crippen molar-refractivity contribution in [1.82, 2.24) is 14.9 Å². The molecule has 0 bridgehead atoms. The number of aromatic nitrogens is 2. The number of rotatable bonds is 7. The average molecular weight is 360 g/mol. The summed E-state index contributed by atoms with van der Waals surface area (Å²) in [6.45, 7) is 5.11. The summed E-state index contributed by atoms with van der Waals surface area (Å²) < 4.78 is 0. The van der Waals surface area contributed by atoms with E-state index in [1.54, 1.807) is 29.2 Å². The van der Waals surface area contributed by atoms with Crippen molar-refractivity contribution in [2.45, 2.75) is 19.0 Å². The third-order valence-electron chi connectivity index (χ3n) is 3.43. The molecule has 0 aliphatic carbocycles. The van der Waals surface area contributed by atoms with E-state index >= 15 is 0 Å². The van der Waals surface area contributed by atoms with E-state index in [0.29, 0.717) is 29.5 Å². The maximum Gasteiger partial charge on any atom is 0.253 e. The van der Waals surface area contributed by atoms with Gasteiger partial charge in [0.05, 0.1) is 5.75 Å². The van der Waals surface area contributed by atoms with E-state index in [1.165, 1.54) is 12.3 Å². The molecule has 1 aromatic carbocycles. The van der Waals surface area contributed by atoms with Crippen LogP contribution in [-0.4, -0.2) is 45.5 Å². The van der Waals surface area contributed by atoms with Crippen LogP contribution in [0.3, 0.4) is 0 Å². The Kier molecular flexibility index (Phi) is 6.76. The standard InChI is InChI=1S/C17H20N4O3S/c1-3-21(4-2)16(24)12-6-5-7-13(10-12)19-15(23)11-25-17-18-9-8-14(22)20-17/h5-10H,3-4,11H2,1-2H3,(H,19,23)(H,18,20,22). The lowest BCUT2D eigenvalue weighted by Crippen LogP contribution is -2.30. The summed E-state index contributed by atoms with van der Waals surface area (Å²) in [4.78, 5) is 43.8. The van der Waals surface area contributed by atoms with E-state index in [0.717, 1.165) is 11.8 Å². The summed E-state index contributed by atoms with van der Waals surface area (Å²) in [6, 6.07) is 8.15. The fourth-order valence-electron chi connectivity index (χ4n) is 2.18. The molecule has 2 aromatic rings. The highest BCUT2D eigenvalue weighted by molar-refractivity contribution is 7.99. The third kappa shape index (κ3) is 5.46. The van der Waals surface area contributed by atoms with Gasteiger partial charge >= 0.3 is 0 Å². The second-order valence-corrected chi connectivity index (χ2v) is 6.10. The molecule has 0 radical (unpaired) electrons. The number of aromatic amines is 1. The summed E-state index contributed by atoms with van der Waals surface area (Å²) >= 11 is 1.13. The third-order valence-corrected chi connectivity index (χ3v) is 4.32. The Hall–Kier alpha value is -2.61. The van der Waals surface area contributed by atoms with E-state index < -0.39 is 0 Å². The van der Waals surface area contributed by atoms with Crippen molar-refractivity contribution in [3.05, 3.63) is 52.4 Å². The SMILES string of the molecule is CCN(CC)C(=O)c1cccc(NC(=O)CSc2nccc(=O)[nH]2)c1. The molecule has 8 heteroatoms. The lowest BCUT2D eigenvalue weighted by molar-refractivity contribution is -0.113. The van der Waals surface area contributed by atoms with Gasteiger partial charge in [0.15, 0.2) is 5.16 Å². The molecule has 0 aliphatic rings. The predicted octanol–water partition coefficient (Wildman–Crippen LogP) is 1.98. The zero-order valence-electron chi connectivity index (χ0n) is 14.1. The number of carbonyl (C=O) groups excluding carboxylic acids is 2. The molecular formula is C17H20N4O3S. The molecule has 25 heavy (non-hydrogen) atoms. The van der Waals surface area contributed by atoms with E-state index in [2.05, 4.69) is 15.3 Å². The second kappa shape index (κ2) is 9.03. The van der Waals surface area contributed by atoms with Crippen LogP contribution in [0.2, 0.25) is 0 Å². The molecule has 0 fully saturated rings. The molecule has 1 aromatic heterocycles. The number of amides is 2. The summed E-state index contributed by atoms with van der Waals surface area (Å²) in [5, 5.41) is 3.13. The first kappa shape index (κ1) is 18.7. The number of anilines is 1. The normalized spacial score (nSPS) is 10.3. The second-order valence-electron chi connectivity index (χ2n) is 5.13. The molecular weight excluding hydrogens is 340 g/mol. The van der Waals surface area contributed by atoms with Crippen LogP contribution in [0.25, 0.3) is 0 Å². The van der Waals surface area contributed by atoms with Gasteiger partial charge in [-0.2, -0.15) is 0 Å². The number of nitrogens with one attached hydrogen (secondary N) is 2. The molecule has 0 unspecified atom stereocenters. The van der Waals surface area contributed by atoms with E-state index in [9.17, 15) is 14.4 Å². The summed E-state index contributed by atoms with van der Waals surface area (Å²) in [5.41, 5.74) is 0.821. The largest absolute Gasteiger partial charge is 0.339 e. The topological polar surface area (TPSA) is 95.2 Å². The quantitative estimate of drug-likeness (QED) is 0.581. The Bertz CT molecular complexity index is 802. The molecule has 2 rings (SSSR count).